The van der Waals surface area contributed by atoms with Crippen molar-refractivity contribution in [2.24, 2.45) is 4.40 Å². The van der Waals surface area contributed by atoms with Crippen molar-refractivity contribution in [3.8, 4) is 5.75 Å². The first-order valence-electron chi connectivity index (χ1n) is 9.04. The molecule has 1 N–H and O–H groups in total. The van der Waals surface area contributed by atoms with Crippen LogP contribution in [0.5, 0.6) is 5.75 Å². The predicted molar refractivity (Wildman–Crippen MR) is 111 cm³/mol. The zero-order valence-electron chi connectivity index (χ0n) is 15.2. The van der Waals surface area contributed by atoms with Crippen molar-refractivity contribution in [1.82, 2.24) is 5.32 Å². The van der Waals surface area contributed by atoms with Gasteiger partial charge in [-0.05, 0) is 62.8 Å². The number of rotatable bonds is 9. The fourth-order valence-electron chi connectivity index (χ4n) is 2.99. The molecule has 0 bridgehead atoms. The number of fused-ring (bicyclic) bond motifs is 1. The Bertz CT molecular complexity index is 925. The van der Waals surface area contributed by atoms with Crippen molar-refractivity contribution in [1.29, 1.82) is 0 Å². The minimum atomic E-state index is -3.64. The molecule has 0 amide bonds. The number of halogens is 1. The molecule has 0 aliphatic carbocycles. The normalized spacial score (nSPS) is 14.7. The van der Waals surface area contributed by atoms with Gasteiger partial charge in [-0.3, -0.25) is 0 Å². The van der Waals surface area contributed by atoms with Crippen LogP contribution in [-0.4, -0.2) is 34.3 Å². The van der Waals surface area contributed by atoms with Crippen molar-refractivity contribution in [2.75, 3.05) is 20.2 Å². The van der Waals surface area contributed by atoms with Gasteiger partial charge in [0.2, 0.25) is 0 Å². The van der Waals surface area contributed by atoms with Crippen molar-refractivity contribution in [2.45, 2.75) is 30.6 Å². The molecule has 0 atom stereocenters. The summed E-state index contributed by atoms with van der Waals surface area (Å²) in [5.74, 6) is 0.784. The zero-order chi connectivity index (χ0) is 19.3. The average molecular weight is 451 g/mol. The van der Waals surface area contributed by atoms with Crippen LogP contribution in [-0.2, 0) is 10.0 Å². The summed E-state index contributed by atoms with van der Waals surface area (Å²) in [7, 11) is -1.67. The highest BCUT2D eigenvalue weighted by atomic mass is 79.9. The lowest BCUT2D eigenvalue weighted by atomic mass is 10.0. The van der Waals surface area contributed by atoms with E-state index >= 15 is 0 Å². The molecule has 5 nitrogen and oxygen atoms in total. The Morgan fingerprint density at radius 3 is 2.52 bits per heavy atom. The van der Waals surface area contributed by atoms with Gasteiger partial charge in [-0.25, -0.2) is 0 Å². The van der Waals surface area contributed by atoms with E-state index in [0.717, 1.165) is 35.2 Å². The maximum atomic E-state index is 12.3. The van der Waals surface area contributed by atoms with E-state index in [-0.39, 0.29) is 4.90 Å². The van der Waals surface area contributed by atoms with E-state index in [1.807, 2.05) is 37.4 Å². The first-order chi connectivity index (χ1) is 13.0. The molecule has 2 aromatic rings. The Balaban J connectivity index is 1.62. The van der Waals surface area contributed by atoms with Crippen molar-refractivity contribution >= 4 is 31.7 Å². The van der Waals surface area contributed by atoms with Gasteiger partial charge < -0.3 is 10.1 Å². The summed E-state index contributed by atoms with van der Waals surface area (Å²) in [5.41, 5.74) is 1.88. The topological polar surface area (TPSA) is 67.8 Å². The van der Waals surface area contributed by atoms with E-state index in [1.165, 1.54) is 12.8 Å². The summed E-state index contributed by atoms with van der Waals surface area (Å²) in [6.45, 7) is 1.74. The van der Waals surface area contributed by atoms with Crippen LogP contribution in [0, 0.1) is 0 Å². The highest BCUT2D eigenvalue weighted by Crippen LogP contribution is 2.31. The Kier molecular flexibility index (Phi) is 6.68. The number of benzene rings is 2. The van der Waals surface area contributed by atoms with Crippen LogP contribution in [0.1, 0.15) is 36.8 Å². The molecular weight excluding hydrogens is 428 g/mol. The van der Waals surface area contributed by atoms with Crippen LogP contribution in [0.4, 0.5) is 0 Å². The summed E-state index contributed by atoms with van der Waals surface area (Å²) in [6.07, 6.45) is 4.57. The van der Waals surface area contributed by atoms with E-state index in [4.69, 9.17) is 4.74 Å². The molecule has 0 fully saturated rings. The molecule has 1 aliphatic rings. The third kappa shape index (κ3) is 4.97. The van der Waals surface area contributed by atoms with Gasteiger partial charge in [-0.2, -0.15) is 12.8 Å². The molecule has 0 spiro atoms. The van der Waals surface area contributed by atoms with Crippen LogP contribution in [0.2, 0.25) is 0 Å². The summed E-state index contributed by atoms with van der Waals surface area (Å²) in [5, 5.41) is 3.15. The van der Waals surface area contributed by atoms with E-state index in [1.54, 1.807) is 12.1 Å². The highest BCUT2D eigenvalue weighted by Gasteiger charge is 2.29. The molecule has 1 heterocycles. The summed E-state index contributed by atoms with van der Waals surface area (Å²) in [4.78, 5) is 0.241. The van der Waals surface area contributed by atoms with Gasteiger partial charge in [0.25, 0.3) is 10.0 Å². The lowest BCUT2D eigenvalue weighted by molar-refractivity contribution is 0.304. The molecule has 0 aromatic heterocycles. The fraction of sp³-hybridized carbons (Fsp3) is 0.350. The maximum absolute atomic E-state index is 12.3. The second-order valence-electron chi connectivity index (χ2n) is 6.45. The summed E-state index contributed by atoms with van der Waals surface area (Å²) < 4.78 is 35.0. The predicted octanol–water partition coefficient (Wildman–Crippen LogP) is 4.15. The van der Waals surface area contributed by atoms with Gasteiger partial charge in [0.05, 0.1) is 17.2 Å². The summed E-state index contributed by atoms with van der Waals surface area (Å²) >= 11 is 3.31. The van der Waals surface area contributed by atoms with Crippen molar-refractivity contribution < 1.29 is 13.2 Å². The van der Waals surface area contributed by atoms with Crippen LogP contribution in [0.15, 0.2) is 56.2 Å². The molecular formula is C20H23BrN2O3S. The number of hydrogen-bond acceptors (Lipinski definition) is 4. The molecule has 0 saturated heterocycles. The van der Waals surface area contributed by atoms with Crippen LogP contribution in [0.3, 0.4) is 0 Å². The highest BCUT2D eigenvalue weighted by molar-refractivity contribution is 9.10. The SMILES string of the molecule is CNCCCCCCOc1ccc(C2=NS(=O)(=O)c3cc(Br)ccc32)cc1. The van der Waals surface area contributed by atoms with Gasteiger partial charge >= 0.3 is 0 Å². The molecule has 2 aromatic carbocycles. The van der Waals surface area contributed by atoms with Gasteiger partial charge in [0.15, 0.2) is 0 Å². The lowest BCUT2D eigenvalue weighted by Gasteiger charge is -2.08. The molecule has 1 aliphatic heterocycles. The number of nitrogens with one attached hydrogen (secondary N) is 1. The minimum absolute atomic E-state index is 0.241. The van der Waals surface area contributed by atoms with Gasteiger partial charge in [0.1, 0.15) is 5.75 Å². The molecule has 144 valence electrons. The minimum Gasteiger partial charge on any atom is -0.494 e. The van der Waals surface area contributed by atoms with Crippen LogP contribution < -0.4 is 10.1 Å². The third-order valence-electron chi connectivity index (χ3n) is 4.41. The Labute approximate surface area is 169 Å². The molecule has 0 saturated carbocycles. The summed E-state index contributed by atoms with van der Waals surface area (Å²) in [6, 6.07) is 12.6. The van der Waals surface area contributed by atoms with Gasteiger partial charge in [-0.1, -0.05) is 34.8 Å². The van der Waals surface area contributed by atoms with Gasteiger partial charge in [0, 0.05) is 15.6 Å². The zero-order valence-corrected chi connectivity index (χ0v) is 17.6. The van der Waals surface area contributed by atoms with E-state index in [9.17, 15) is 8.42 Å². The maximum Gasteiger partial charge on any atom is 0.283 e. The Morgan fingerprint density at radius 1 is 1.04 bits per heavy atom. The Hall–Kier alpha value is -1.70. The third-order valence-corrected chi connectivity index (χ3v) is 6.22. The van der Waals surface area contributed by atoms with E-state index in [2.05, 4.69) is 25.6 Å². The number of ether oxygens (including phenoxy) is 1. The molecule has 27 heavy (non-hydrogen) atoms. The average Bonchev–Trinajstić information content (AvgIpc) is 2.92. The smallest absolute Gasteiger partial charge is 0.283 e. The van der Waals surface area contributed by atoms with Gasteiger partial charge in [-0.15, -0.1) is 0 Å². The standard InChI is InChI=1S/C20H23BrN2O3S/c1-22-12-4-2-3-5-13-26-17-9-6-15(7-10-17)20-18-11-8-16(21)14-19(18)27(24,25)23-20/h6-11,14,22H,2-5,12-13H2,1H3. The fourth-order valence-corrected chi connectivity index (χ4v) is 4.76. The number of hydrogen-bond donors (Lipinski definition) is 1. The van der Waals surface area contributed by atoms with E-state index < -0.39 is 10.0 Å². The van der Waals surface area contributed by atoms with Crippen LogP contribution >= 0.6 is 15.9 Å². The number of unbranched alkanes of at least 4 members (excludes halogenated alkanes) is 3. The molecule has 0 unspecified atom stereocenters. The molecule has 3 rings (SSSR count). The molecule has 0 radical (unpaired) electrons. The lowest BCUT2D eigenvalue weighted by Crippen LogP contribution is -2.07. The number of sulfonamides is 1. The van der Waals surface area contributed by atoms with Crippen molar-refractivity contribution in [3.63, 3.8) is 0 Å². The van der Waals surface area contributed by atoms with Crippen LogP contribution in [0.25, 0.3) is 0 Å². The van der Waals surface area contributed by atoms with Crippen molar-refractivity contribution in [3.05, 3.63) is 58.1 Å². The van der Waals surface area contributed by atoms with E-state index in [0.29, 0.717) is 17.9 Å². The Morgan fingerprint density at radius 2 is 1.78 bits per heavy atom. The first kappa shape index (κ1) is 20.0. The number of nitrogens with zero attached hydrogens (tertiary/aromatic N) is 1. The first-order valence-corrected chi connectivity index (χ1v) is 11.3. The molecule has 7 heteroatoms. The second-order valence-corrected chi connectivity index (χ2v) is 8.93. The largest absolute Gasteiger partial charge is 0.494 e. The quantitative estimate of drug-likeness (QED) is 0.582. The monoisotopic (exact) mass is 450 g/mol. The second kappa shape index (κ2) is 8.99.